The first-order chi connectivity index (χ1) is 9.73. The van der Waals surface area contributed by atoms with E-state index in [1.807, 2.05) is 6.92 Å². The van der Waals surface area contributed by atoms with Gasteiger partial charge in [0.05, 0.1) is 17.6 Å². The summed E-state index contributed by atoms with van der Waals surface area (Å²) in [6.45, 7) is 2.59. The van der Waals surface area contributed by atoms with E-state index < -0.39 is 20.2 Å². The van der Waals surface area contributed by atoms with Crippen molar-refractivity contribution in [2.45, 2.75) is 19.8 Å². The van der Waals surface area contributed by atoms with Crippen molar-refractivity contribution in [2.75, 3.05) is 28.4 Å². The highest BCUT2D eigenvalue weighted by atomic mass is 32.2. The smallest absolute Gasteiger partial charge is 0.271 e. The van der Waals surface area contributed by atoms with E-state index in [-0.39, 0.29) is 0 Å². The molecule has 0 bridgehead atoms. The SMILES string of the molecule is CCCNS(=O)(=O)Nc1ccc2c(c1)N(S(C)(=O)=O)CC2. The zero-order chi connectivity index (χ0) is 15.7. The van der Waals surface area contributed by atoms with Gasteiger partial charge in [-0.3, -0.25) is 9.03 Å². The van der Waals surface area contributed by atoms with Crippen molar-refractivity contribution >= 4 is 31.6 Å². The number of nitrogens with zero attached hydrogens (tertiary/aromatic N) is 1. The van der Waals surface area contributed by atoms with Gasteiger partial charge in [-0.05, 0) is 30.5 Å². The summed E-state index contributed by atoms with van der Waals surface area (Å²) in [6.07, 6.45) is 2.46. The van der Waals surface area contributed by atoms with Crippen molar-refractivity contribution in [3.05, 3.63) is 23.8 Å². The largest absolute Gasteiger partial charge is 0.299 e. The highest BCUT2D eigenvalue weighted by molar-refractivity contribution is 7.92. The molecule has 0 amide bonds. The molecule has 0 unspecified atom stereocenters. The van der Waals surface area contributed by atoms with Crippen LogP contribution in [-0.4, -0.2) is 36.2 Å². The number of rotatable bonds is 6. The molecule has 1 aliphatic heterocycles. The monoisotopic (exact) mass is 333 g/mol. The first-order valence-corrected chi connectivity index (χ1v) is 9.94. The van der Waals surface area contributed by atoms with E-state index in [4.69, 9.17) is 0 Å². The second kappa shape index (κ2) is 5.82. The molecule has 0 atom stereocenters. The minimum Gasteiger partial charge on any atom is -0.271 e. The van der Waals surface area contributed by atoms with Gasteiger partial charge in [0, 0.05) is 13.1 Å². The number of nitrogens with one attached hydrogen (secondary N) is 2. The summed E-state index contributed by atoms with van der Waals surface area (Å²) in [5.74, 6) is 0. The lowest BCUT2D eigenvalue weighted by Crippen LogP contribution is -2.31. The Morgan fingerprint density at radius 3 is 2.57 bits per heavy atom. The van der Waals surface area contributed by atoms with Crippen LogP contribution < -0.4 is 13.7 Å². The number of fused-ring (bicyclic) bond motifs is 1. The normalized spacial score (nSPS) is 15.0. The van der Waals surface area contributed by atoms with Gasteiger partial charge in [0.15, 0.2) is 0 Å². The topological polar surface area (TPSA) is 95.6 Å². The molecule has 0 saturated carbocycles. The predicted molar refractivity (Wildman–Crippen MR) is 83.2 cm³/mol. The maximum Gasteiger partial charge on any atom is 0.299 e. The third-order valence-corrected chi connectivity index (χ3v) is 5.40. The Morgan fingerprint density at radius 2 is 1.95 bits per heavy atom. The van der Waals surface area contributed by atoms with Crippen LogP contribution in [0.4, 0.5) is 11.4 Å². The molecule has 1 aliphatic rings. The first-order valence-electron chi connectivity index (χ1n) is 6.61. The predicted octanol–water partition coefficient (Wildman–Crippen LogP) is 0.665. The van der Waals surface area contributed by atoms with Gasteiger partial charge in [0.1, 0.15) is 0 Å². The van der Waals surface area contributed by atoms with Crippen LogP contribution in [0.2, 0.25) is 0 Å². The summed E-state index contributed by atoms with van der Waals surface area (Å²) < 4.78 is 53.1. The fraction of sp³-hybridized carbons (Fsp3) is 0.500. The third-order valence-electron chi connectivity index (χ3n) is 3.13. The minimum absolute atomic E-state index is 0.341. The van der Waals surface area contributed by atoms with Gasteiger partial charge in [-0.25, -0.2) is 8.42 Å². The Bertz CT molecular complexity index is 729. The van der Waals surface area contributed by atoms with E-state index in [1.54, 1.807) is 18.2 Å². The van der Waals surface area contributed by atoms with E-state index in [0.717, 1.165) is 11.8 Å². The molecule has 9 heteroatoms. The molecule has 1 aromatic rings. The van der Waals surface area contributed by atoms with Crippen LogP contribution in [0.25, 0.3) is 0 Å². The summed E-state index contributed by atoms with van der Waals surface area (Å²) >= 11 is 0. The van der Waals surface area contributed by atoms with Gasteiger partial charge < -0.3 is 0 Å². The van der Waals surface area contributed by atoms with Gasteiger partial charge in [-0.2, -0.15) is 13.1 Å². The van der Waals surface area contributed by atoms with Crippen molar-refractivity contribution in [3.8, 4) is 0 Å². The number of sulfonamides is 1. The lowest BCUT2D eigenvalue weighted by atomic mass is 10.1. The lowest BCUT2D eigenvalue weighted by Gasteiger charge is -2.17. The summed E-state index contributed by atoms with van der Waals surface area (Å²) in [5.41, 5.74) is 1.77. The van der Waals surface area contributed by atoms with Crippen LogP contribution >= 0.6 is 0 Å². The van der Waals surface area contributed by atoms with Gasteiger partial charge in [0.2, 0.25) is 10.0 Å². The molecular formula is C12H19N3O4S2. The molecule has 1 heterocycles. The summed E-state index contributed by atoms with van der Waals surface area (Å²) in [7, 11) is -6.99. The maximum atomic E-state index is 11.8. The molecular weight excluding hydrogens is 314 g/mol. The standard InChI is InChI=1S/C12H19N3O4S2/c1-3-7-13-21(18,19)14-11-5-4-10-6-8-15(12(10)9-11)20(2,16)17/h4-5,9,13-14H,3,6-8H2,1-2H3. The Kier molecular flexibility index (Phi) is 4.45. The fourth-order valence-electron chi connectivity index (χ4n) is 2.19. The van der Waals surface area contributed by atoms with E-state index in [2.05, 4.69) is 9.44 Å². The van der Waals surface area contributed by atoms with Crippen molar-refractivity contribution in [2.24, 2.45) is 0 Å². The van der Waals surface area contributed by atoms with Crippen molar-refractivity contribution in [3.63, 3.8) is 0 Å². The van der Waals surface area contributed by atoms with E-state index in [9.17, 15) is 16.8 Å². The number of hydrogen-bond acceptors (Lipinski definition) is 4. The second-order valence-electron chi connectivity index (χ2n) is 4.93. The summed E-state index contributed by atoms with van der Waals surface area (Å²) in [4.78, 5) is 0. The Hall–Kier alpha value is -1.32. The van der Waals surface area contributed by atoms with Crippen LogP contribution in [0.15, 0.2) is 18.2 Å². The molecule has 1 aromatic carbocycles. The Labute approximate surface area is 125 Å². The lowest BCUT2D eigenvalue weighted by molar-refractivity contribution is 0.586. The van der Waals surface area contributed by atoms with E-state index >= 15 is 0 Å². The second-order valence-corrected chi connectivity index (χ2v) is 8.33. The average molecular weight is 333 g/mol. The zero-order valence-electron chi connectivity index (χ0n) is 12.0. The number of benzene rings is 1. The quantitative estimate of drug-likeness (QED) is 0.799. The molecule has 0 spiro atoms. The van der Waals surface area contributed by atoms with Gasteiger partial charge >= 0.3 is 0 Å². The average Bonchev–Trinajstić information content (AvgIpc) is 2.78. The molecule has 0 aromatic heterocycles. The number of hydrogen-bond donors (Lipinski definition) is 2. The third kappa shape index (κ3) is 3.86. The first kappa shape index (κ1) is 16.1. The number of anilines is 2. The van der Waals surface area contributed by atoms with Crippen LogP contribution in [0.5, 0.6) is 0 Å². The molecule has 0 fully saturated rings. The molecule has 0 radical (unpaired) electrons. The highest BCUT2D eigenvalue weighted by Gasteiger charge is 2.26. The van der Waals surface area contributed by atoms with Crippen molar-refractivity contribution in [1.29, 1.82) is 0 Å². The van der Waals surface area contributed by atoms with Crippen LogP contribution in [0.1, 0.15) is 18.9 Å². The molecule has 118 valence electrons. The van der Waals surface area contributed by atoms with Gasteiger partial charge in [-0.15, -0.1) is 0 Å². The fourth-order valence-corrected chi connectivity index (χ4v) is 4.12. The highest BCUT2D eigenvalue weighted by Crippen LogP contribution is 2.32. The van der Waals surface area contributed by atoms with Crippen LogP contribution in [0, 0.1) is 0 Å². The van der Waals surface area contributed by atoms with Gasteiger partial charge in [-0.1, -0.05) is 13.0 Å². The minimum atomic E-state index is -3.64. The van der Waals surface area contributed by atoms with Crippen LogP contribution in [-0.2, 0) is 26.7 Å². The van der Waals surface area contributed by atoms with Gasteiger partial charge in [0.25, 0.3) is 10.2 Å². The molecule has 2 N–H and O–H groups in total. The molecule has 21 heavy (non-hydrogen) atoms. The van der Waals surface area contributed by atoms with Crippen molar-refractivity contribution in [1.82, 2.24) is 4.72 Å². The Balaban J connectivity index is 2.26. The summed E-state index contributed by atoms with van der Waals surface area (Å²) in [6, 6.07) is 4.93. The van der Waals surface area contributed by atoms with E-state index in [0.29, 0.717) is 37.3 Å². The van der Waals surface area contributed by atoms with E-state index in [1.165, 1.54) is 4.31 Å². The molecule has 0 aliphatic carbocycles. The molecule has 0 saturated heterocycles. The molecule has 2 rings (SSSR count). The van der Waals surface area contributed by atoms with Crippen molar-refractivity contribution < 1.29 is 16.8 Å². The molecule has 7 nitrogen and oxygen atoms in total. The van der Waals surface area contributed by atoms with Crippen LogP contribution in [0.3, 0.4) is 0 Å². The maximum absolute atomic E-state index is 11.8. The zero-order valence-corrected chi connectivity index (χ0v) is 13.6. The Morgan fingerprint density at radius 1 is 1.24 bits per heavy atom. The summed E-state index contributed by atoms with van der Waals surface area (Å²) in [5, 5.41) is 0.